The Bertz CT molecular complexity index is 517. The fourth-order valence-electron chi connectivity index (χ4n) is 2.04. The number of carbonyl (C=O) groups is 1. The van der Waals surface area contributed by atoms with E-state index in [1.165, 1.54) is 0 Å². The minimum atomic E-state index is -0.0765. The van der Waals surface area contributed by atoms with E-state index in [1.54, 1.807) is 6.92 Å². The largest absolute Gasteiger partial charge is 0.299 e. The van der Waals surface area contributed by atoms with Gasteiger partial charge in [0, 0.05) is 10.9 Å². The molecule has 0 heterocycles. The summed E-state index contributed by atoms with van der Waals surface area (Å²) in [6, 6.07) is 17.6. The van der Waals surface area contributed by atoms with Gasteiger partial charge in [0.25, 0.3) is 0 Å². The maximum atomic E-state index is 11.8. The molecule has 0 N–H and O–H groups in total. The Morgan fingerprint density at radius 3 is 2.22 bits per heavy atom. The highest BCUT2D eigenvalue weighted by molar-refractivity contribution is 6.30. The molecule has 0 saturated heterocycles. The highest BCUT2D eigenvalue weighted by Crippen LogP contribution is 2.22. The zero-order valence-corrected chi connectivity index (χ0v) is 11.0. The summed E-state index contributed by atoms with van der Waals surface area (Å²) in [5.74, 6) is 0.114. The lowest BCUT2D eigenvalue weighted by molar-refractivity contribution is -0.118. The van der Waals surface area contributed by atoms with Gasteiger partial charge >= 0.3 is 0 Å². The van der Waals surface area contributed by atoms with Crippen molar-refractivity contribution in [1.29, 1.82) is 0 Å². The van der Waals surface area contributed by atoms with Crippen LogP contribution >= 0.6 is 11.6 Å². The maximum absolute atomic E-state index is 11.8. The molecule has 0 saturated carbocycles. The van der Waals surface area contributed by atoms with Crippen molar-refractivity contribution in [2.24, 2.45) is 0 Å². The predicted octanol–water partition coefficient (Wildman–Crippen LogP) is 4.26. The fourth-order valence-corrected chi connectivity index (χ4v) is 2.16. The third kappa shape index (κ3) is 3.21. The Morgan fingerprint density at radius 2 is 1.67 bits per heavy atom. The third-order valence-electron chi connectivity index (χ3n) is 3.05. The lowest BCUT2D eigenvalue weighted by Crippen LogP contribution is -2.11. The molecule has 0 aromatic heterocycles. The first-order valence-corrected chi connectivity index (χ1v) is 6.34. The quantitative estimate of drug-likeness (QED) is 0.801. The second-order valence-corrected chi connectivity index (χ2v) is 4.84. The number of halogens is 1. The molecule has 0 aliphatic heterocycles. The van der Waals surface area contributed by atoms with Gasteiger partial charge in [-0.1, -0.05) is 54.1 Å². The standard InChI is InChI=1S/C16H15ClO/c1-12(18)16(14-5-3-2-4-6-14)11-13-7-9-15(17)10-8-13/h2-10,16H,11H2,1H3. The van der Waals surface area contributed by atoms with Gasteiger partial charge in [0.05, 0.1) is 0 Å². The molecule has 1 unspecified atom stereocenters. The summed E-state index contributed by atoms with van der Waals surface area (Å²) >= 11 is 5.86. The number of Topliss-reactive ketones (excluding diaryl/α,β-unsaturated/α-hetero) is 1. The van der Waals surface area contributed by atoms with E-state index in [9.17, 15) is 4.79 Å². The summed E-state index contributed by atoms with van der Waals surface area (Å²) < 4.78 is 0. The second kappa shape index (κ2) is 5.83. The molecule has 0 amide bonds. The molecular formula is C16H15ClO. The van der Waals surface area contributed by atoms with Crippen molar-refractivity contribution >= 4 is 17.4 Å². The normalized spacial score (nSPS) is 12.1. The summed E-state index contributed by atoms with van der Waals surface area (Å²) in [5, 5.41) is 0.720. The third-order valence-corrected chi connectivity index (χ3v) is 3.30. The van der Waals surface area contributed by atoms with Crippen molar-refractivity contribution < 1.29 is 4.79 Å². The van der Waals surface area contributed by atoms with Crippen molar-refractivity contribution in [3.8, 4) is 0 Å². The van der Waals surface area contributed by atoms with Crippen molar-refractivity contribution in [3.05, 3.63) is 70.7 Å². The average molecular weight is 259 g/mol. The summed E-state index contributed by atoms with van der Waals surface area (Å²) in [5.41, 5.74) is 2.20. The minimum Gasteiger partial charge on any atom is -0.299 e. The summed E-state index contributed by atoms with van der Waals surface area (Å²) in [7, 11) is 0. The molecule has 0 spiro atoms. The van der Waals surface area contributed by atoms with E-state index in [4.69, 9.17) is 11.6 Å². The molecule has 1 atom stereocenters. The van der Waals surface area contributed by atoms with Crippen LogP contribution in [0.15, 0.2) is 54.6 Å². The number of hydrogen-bond donors (Lipinski definition) is 0. The first-order chi connectivity index (χ1) is 8.66. The van der Waals surface area contributed by atoms with Crippen LogP contribution in [-0.4, -0.2) is 5.78 Å². The molecule has 92 valence electrons. The molecule has 0 aliphatic rings. The van der Waals surface area contributed by atoms with Gasteiger partial charge in [0.1, 0.15) is 5.78 Å². The van der Waals surface area contributed by atoms with E-state index < -0.39 is 0 Å². The van der Waals surface area contributed by atoms with Gasteiger partial charge in [-0.05, 0) is 36.6 Å². The lowest BCUT2D eigenvalue weighted by atomic mass is 9.89. The average Bonchev–Trinajstić information content (AvgIpc) is 2.38. The van der Waals surface area contributed by atoms with Gasteiger partial charge in [0.2, 0.25) is 0 Å². The van der Waals surface area contributed by atoms with E-state index in [2.05, 4.69) is 0 Å². The van der Waals surface area contributed by atoms with Gasteiger partial charge < -0.3 is 0 Å². The Kier molecular flexibility index (Phi) is 4.16. The molecule has 18 heavy (non-hydrogen) atoms. The molecule has 0 fully saturated rings. The first kappa shape index (κ1) is 12.8. The Labute approximate surface area is 112 Å². The molecule has 2 aromatic rings. The monoisotopic (exact) mass is 258 g/mol. The van der Waals surface area contributed by atoms with E-state index >= 15 is 0 Å². The lowest BCUT2D eigenvalue weighted by Gasteiger charge is -2.14. The van der Waals surface area contributed by atoms with Gasteiger partial charge in [-0.15, -0.1) is 0 Å². The SMILES string of the molecule is CC(=O)C(Cc1ccc(Cl)cc1)c1ccccc1. The number of hydrogen-bond acceptors (Lipinski definition) is 1. The van der Waals surface area contributed by atoms with Crippen LogP contribution in [-0.2, 0) is 11.2 Å². The predicted molar refractivity (Wildman–Crippen MR) is 75.0 cm³/mol. The van der Waals surface area contributed by atoms with Crippen LogP contribution in [0.2, 0.25) is 5.02 Å². The van der Waals surface area contributed by atoms with Crippen molar-refractivity contribution in [2.75, 3.05) is 0 Å². The highest BCUT2D eigenvalue weighted by atomic mass is 35.5. The van der Waals surface area contributed by atoms with E-state index in [1.807, 2.05) is 54.6 Å². The van der Waals surface area contributed by atoms with Gasteiger partial charge in [-0.2, -0.15) is 0 Å². The number of carbonyl (C=O) groups excluding carboxylic acids is 1. The van der Waals surface area contributed by atoms with Gasteiger partial charge in [0.15, 0.2) is 0 Å². The van der Waals surface area contributed by atoms with Crippen LogP contribution < -0.4 is 0 Å². The molecule has 0 radical (unpaired) electrons. The Hall–Kier alpha value is -1.60. The van der Waals surface area contributed by atoms with Crippen molar-refractivity contribution in [1.82, 2.24) is 0 Å². The zero-order chi connectivity index (χ0) is 13.0. The Morgan fingerprint density at radius 1 is 1.06 bits per heavy atom. The topological polar surface area (TPSA) is 17.1 Å². The van der Waals surface area contributed by atoms with E-state index in [0.29, 0.717) is 0 Å². The van der Waals surface area contributed by atoms with Crippen LogP contribution in [0.25, 0.3) is 0 Å². The molecule has 0 bridgehead atoms. The highest BCUT2D eigenvalue weighted by Gasteiger charge is 2.16. The number of rotatable bonds is 4. The van der Waals surface area contributed by atoms with Crippen LogP contribution in [0.1, 0.15) is 24.0 Å². The summed E-state index contributed by atoms with van der Waals surface area (Å²) in [6.07, 6.45) is 0.719. The second-order valence-electron chi connectivity index (χ2n) is 4.40. The molecular weight excluding hydrogens is 244 g/mol. The van der Waals surface area contributed by atoms with E-state index in [-0.39, 0.29) is 11.7 Å². The molecule has 0 aliphatic carbocycles. The van der Waals surface area contributed by atoms with Gasteiger partial charge in [-0.25, -0.2) is 0 Å². The molecule has 2 heteroatoms. The molecule has 1 nitrogen and oxygen atoms in total. The van der Waals surface area contributed by atoms with E-state index in [0.717, 1.165) is 22.6 Å². The molecule has 2 rings (SSSR count). The van der Waals surface area contributed by atoms with Crippen LogP contribution in [0.3, 0.4) is 0 Å². The summed E-state index contributed by atoms with van der Waals surface area (Å²) in [4.78, 5) is 11.8. The van der Waals surface area contributed by atoms with Crippen molar-refractivity contribution in [3.63, 3.8) is 0 Å². The summed E-state index contributed by atoms with van der Waals surface area (Å²) in [6.45, 7) is 1.65. The Balaban J connectivity index is 2.22. The van der Waals surface area contributed by atoms with Gasteiger partial charge in [-0.3, -0.25) is 4.79 Å². The number of benzene rings is 2. The number of ketones is 1. The zero-order valence-electron chi connectivity index (χ0n) is 10.3. The van der Waals surface area contributed by atoms with Crippen LogP contribution in [0.5, 0.6) is 0 Å². The smallest absolute Gasteiger partial charge is 0.137 e. The van der Waals surface area contributed by atoms with Crippen LogP contribution in [0.4, 0.5) is 0 Å². The minimum absolute atomic E-state index is 0.0765. The van der Waals surface area contributed by atoms with Crippen molar-refractivity contribution in [2.45, 2.75) is 19.3 Å². The fraction of sp³-hybridized carbons (Fsp3) is 0.188. The first-order valence-electron chi connectivity index (χ1n) is 5.96. The van der Waals surface area contributed by atoms with Crippen LogP contribution in [0, 0.1) is 0 Å². The molecule has 2 aromatic carbocycles. The maximum Gasteiger partial charge on any atom is 0.137 e.